The summed E-state index contributed by atoms with van der Waals surface area (Å²) in [5.41, 5.74) is 0. The molecule has 6 heteroatoms. The molecule has 0 amide bonds. The van der Waals surface area contributed by atoms with Gasteiger partial charge in [-0.05, 0) is 52.2 Å². The number of nitrogens with one attached hydrogen (secondary N) is 1. The molecule has 2 aliphatic rings. The summed E-state index contributed by atoms with van der Waals surface area (Å²) >= 11 is 0. The van der Waals surface area contributed by atoms with Gasteiger partial charge in [-0.1, -0.05) is 6.92 Å². The van der Waals surface area contributed by atoms with E-state index in [1.807, 2.05) is 0 Å². The third kappa shape index (κ3) is 3.93. The SMILES string of the molecule is CCNCCCCS(=O)(=O)N1CCC2CCC(C1)N2C. The second-order valence-electron chi connectivity index (χ2n) is 6.07. The fraction of sp³-hybridized carbons (Fsp3) is 1.00. The number of rotatable bonds is 7. The van der Waals surface area contributed by atoms with Crippen LogP contribution in [0.1, 0.15) is 39.0 Å². The van der Waals surface area contributed by atoms with E-state index in [-0.39, 0.29) is 0 Å². The van der Waals surface area contributed by atoms with E-state index in [9.17, 15) is 8.42 Å². The average molecular weight is 303 g/mol. The smallest absolute Gasteiger partial charge is 0.214 e. The van der Waals surface area contributed by atoms with Crippen LogP contribution in [-0.4, -0.2) is 68.7 Å². The first kappa shape index (κ1) is 16.2. The Labute approximate surface area is 123 Å². The lowest BCUT2D eigenvalue weighted by molar-refractivity contribution is 0.246. The lowest BCUT2D eigenvalue weighted by Gasteiger charge is -2.25. The van der Waals surface area contributed by atoms with Crippen molar-refractivity contribution in [2.75, 3.05) is 39.0 Å². The fourth-order valence-electron chi connectivity index (χ4n) is 3.37. The molecule has 0 radical (unpaired) electrons. The van der Waals surface area contributed by atoms with Gasteiger partial charge < -0.3 is 5.32 Å². The van der Waals surface area contributed by atoms with Crippen LogP contribution in [0.2, 0.25) is 0 Å². The second-order valence-corrected chi connectivity index (χ2v) is 8.16. The van der Waals surface area contributed by atoms with Crippen molar-refractivity contribution in [3.63, 3.8) is 0 Å². The van der Waals surface area contributed by atoms with E-state index in [1.54, 1.807) is 4.31 Å². The summed E-state index contributed by atoms with van der Waals surface area (Å²) in [5, 5.41) is 3.24. The lowest BCUT2D eigenvalue weighted by Crippen LogP contribution is -2.40. The Morgan fingerprint density at radius 2 is 1.90 bits per heavy atom. The van der Waals surface area contributed by atoms with Crippen LogP contribution < -0.4 is 5.32 Å². The number of hydrogen-bond donors (Lipinski definition) is 1. The van der Waals surface area contributed by atoms with Gasteiger partial charge in [0.15, 0.2) is 0 Å². The Morgan fingerprint density at radius 3 is 2.65 bits per heavy atom. The first-order valence-corrected chi connectivity index (χ1v) is 9.56. The third-order valence-electron chi connectivity index (χ3n) is 4.76. The maximum absolute atomic E-state index is 12.4. The van der Waals surface area contributed by atoms with Crippen molar-refractivity contribution < 1.29 is 8.42 Å². The molecule has 2 aliphatic heterocycles. The molecular formula is C14H29N3O2S. The largest absolute Gasteiger partial charge is 0.317 e. The van der Waals surface area contributed by atoms with E-state index in [2.05, 4.69) is 24.2 Å². The molecule has 5 nitrogen and oxygen atoms in total. The van der Waals surface area contributed by atoms with Crippen LogP contribution >= 0.6 is 0 Å². The zero-order valence-electron chi connectivity index (χ0n) is 12.8. The number of fused-ring (bicyclic) bond motifs is 2. The van der Waals surface area contributed by atoms with Crippen molar-refractivity contribution in [1.29, 1.82) is 0 Å². The summed E-state index contributed by atoms with van der Waals surface area (Å²) in [6.07, 6.45) is 5.07. The maximum Gasteiger partial charge on any atom is 0.214 e. The fourth-order valence-corrected chi connectivity index (χ4v) is 4.98. The van der Waals surface area contributed by atoms with Crippen molar-refractivity contribution >= 4 is 10.0 Å². The van der Waals surface area contributed by atoms with Gasteiger partial charge in [0.25, 0.3) is 0 Å². The minimum Gasteiger partial charge on any atom is -0.317 e. The van der Waals surface area contributed by atoms with Crippen LogP contribution in [0.3, 0.4) is 0 Å². The molecule has 0 saturated carbocycles. The number of sulfonamides is 1. The van der Waals surface area contributed by atoms with Gasteiger partial charge in [-0.25, -0.2) is 12.7 Å². The molecule has 2 rings (SSSR count). The summed E-state index contributed by atoms with van der Waals surface area (Å²) < 4.78 is 26.6. The van der Waals surface area contributed by atoms with Crippen molar-refractivity contribution in [2.45, 2.75) is 51.1 Å². The Hall–Kier alpha value is -0.170. The van der Waals surface area contributed by atoms with Crippen LogP contribution in [-0.2, 0) is 10.0 Å². The second kappa shape index (κ2) is 7.20. The maximum atomic E-state index is 12.4. The standard InChI is InChI=1S/C14H29N3O2S/c1-3-15-9-4-5-11-20(18,19)17-10-8-13-6-7-14(12-17)16(13)2/h13-15H,3-12H2,1-2H3. The molecule has 0 aromatic heterocycles. The van der Waals surface area contributed by atoms with E-state index in [4.69, 9.17) is 0 Å². The van der Waals surface area contributed by atoms with E-state index in [1.165, 1.54) is 6.42 Å². The van der Waals surface area contributed by atoms with E-state index >= 15 is 0 Å². The highest BCUT2D eigenvalue weighted by Gasteiger charge is 2.37. The molecule has 0 aromatic carbocycles. The zero-order valence-corrected chi connectivity index (χ0v) is 13.7. The van der Waals surface area contributed by atoms with Crippen molar-refractivity contribution in [3.8, 4) is 0 Å². The predicted octanol–water partition coefficient (Wildman–Crippen LogP) is 0.874. The predicted molar refractivity (Wildman–Crippen MR) is 82.3 cm³/mol. The summed E-state index contributed by atoms with van der Waals surface area (Å²) in [6, 6.07) is 1.02. The molecule has 2 unspecified atom stereocenters. The highest BCUT2D eigenvalue weighted by Crippen LogP contribution is 2.29. The first-order valence-electron chi connectivity index (χ1n) is 7.95. The number of likely N-dealkylation sites (N-methyl/N-ethyl adjacent to an activating group) is 1. The highest BCUT2D eigenvalue weighted by molar-refractivity contribution is 7.89. The van der Waals surface area contributed by atoms with Gasteiger partial charge in [0.05, 0.1) is 5.75 Å². The normalized spacial score (nSPS) is 28.7. The van der Waals surface area contributed by atoms with Gasteiger partial charge in [0.2, 0.25) is 10.0 Å². The van der Waals surface area contributed by atoms with Gasteiger partial charge in [-0.3, -0.25) is 4.90 Å². The molecule has 2 bridgehead atoms. The summed E-state index contributed by atoms with van der Waals surface area (Å²) in [5.74, 6) is 0.305. The first-order chi connectivity index (χ1) is 9.54. The van der Waals surface area contributed by atoms with Crippen molar-refractivity contribution in [1.82, 2.24) is 14.5 Å². The molecule has 2 heterocycles. The molecule has 0 spiro atoms. The van der Waals surface area contributed by atoms with Gasteiger partial charge in [-0.2, -0.15) is 0 Å². The summed E-state index contributed by atoms with van der Waals surface area (Å²) in [6.45, 7) is 5.34. The Kier molecular flexibility index (Phi) is 5.84. The van der Waals surface area contributed by atoms with Crippen LogP contribution in [0.4, 0.5) is 0 Å². The minimum atomic E-state index is -3.06. The molecule has 20 heavy (non-hydrogen) atoms. The molecule has 2 fully saturated rings. The molecule has 0 aromatic rings. The van der Waals surface area contributed by atoms with Crippen molar-refractivity contribution in [2.24, 2.45) is 0 Å². The Bertz CT molecular complexity index is 399. The van der Waals surface area contributed by atoms with Crippen LogP contribution in [0.15, 0.2) is 0 Å². The van der Waals surface area contributed by atoms with Crippen molar-refractivity contribution in [3.05, 3.63) is 0 Å². The van der Waals surface area contributed by atoms with Gasteiger partial charge in [0.1, 0.15) is 0 Å². The quantitative estimate of drug-likeness (QED) is 0.709. The van der Waals surface area contributed by atoms with Crippen LogP contribution in [0, 0.1) is 0 Å². The summed E-state index contributed by atoms with van der Waals surface area (Å²) in [7, 11) is -0.913. The Balaban J connectivity index is 1.83. The molecule has 1 N–H and O–H groups in total. The van der Waals surface area contributed by atoms with E-state index in [0.717, 1.165) is 38.8 Å². The molecule has 118 valence electrons. The minimum absolute atomic E-state index is 0.305. The summed E-state index contributed by atoms with van der Waals surface area (Å²) in [4.78, 5) is 2.39. The van der Waals surface area contributed by atoms with Gasteiger partial charge >= 0.3 is 0 Å². The zero-order chi connectivity index (χ0) is 14.6. The highest BCUT2D eigenvalue weighted by atomic mass is 32.2. The number of unbranched alkanes of at least 4 members (excludes halogenated alkanes) is 1. The Morgan fingerprint density at radius 1 is 1.15 bits per heavy atom. The molecule has 0 aliphatic carbocycles. The lowest BCUT2D eigenvalue weighted by atomic mass is 10.1. The van der Waals surface area contributed by atoms with Crippen LogP contribution in [0.5, 0.6) is 0 Å². The van der Waals surface area contributed by atoms with Crippen LogP contribution in [0.25, 0.3) is 0 Å². The van der Waals surface area contributed by atoms with Gasteiger partial charge in [-0.15, -0.1) is 0 Å². The monoisotopic (exact) mass is 303 g/mol. The third-order valence-corrected chi connectivity index (χ3v) is 6.68. The van der Waals surface area contributed by atoms with Gasteiger partial charge in [0, 0.05) is 25.2 Å². The van der Waals surface area contributed by atoms with E-state index in [0.29, 0.717) is 30.9 Å². The molecular weight excluding hydrogens is 274 g/mol. The average Bonchev–Trinajstić information content (AvgIpc) is 2.62. The number of nitrogens with zero attached hydrogens (tertiary/aromatic N) is 2. The molecule has 2 atom stereocenters. The topological polar surface area (TPSA) is 52.7 Å². The molecule has 2 saturated heterocycles. The van der Waals surface area contributed by atoms with E-state index < -0.39 is 10.0 Å². The number of hydrogen-bond acceptors (Lipinski definition) is 4.